The average Bonchev–Trinajstić information content (AvgIpc) is 3.61. The Morgan fingerprint density at radius 3 is 2.18 bits per heavy atom. The molecule has 1 heterocycles. The van der Waals surface area contributed by atoms with Crippen molar-refractivity contribution in [2.45, 2.75) is 76.6 Å². The Hall–Kier alpha value is -4.25. The van der Waals surface area contributed by atoms with E-state index in [1.807, 2.05) is 101 Å². The van der Waals surface area contributed by atoms with Crippen LogP contribution < -0.4 is 14.2 Å². The van der Waals surface area contributed by atoms with E-state index in [9.17, 15) is 13.5 Å². The zero-order chi connectivity index (χ0) is 44.2. The molecule has 0 saturated heterocycles. The van der Waals surface area contributed by atoms with Crippen molar-refractivity contribution < 1.29 is 64.5 Å². The predicted molar refractivity (Wildman–Crippen MR) is 226 cm³/mol. The number of hydrogen-bond donors (Lipinski definition) is 2. The first kappa shape index (κ1) is 44.8. The minimum atomic E-state index is -4.07. The van der Waals surface area contributed by atoms with Crippen LogP contribution in [0.2, 0.25) is 18.1 Å². The number of ether oxygens (including phenoxy) is 2. The normalized spacial score (nSPS) is 21.5. The third kappa shape index (κ3) is 8.37. The zero-order valence-corrected chi connectivity index (χ0v) is 39.1. The Morgan fingerprint density at radius 2 is 1.61 bits per heavy atom. The van der Waals surface area contributed by atoms with E-state index in [4.69, 9.17) is 18.4 Å². The molecule has 7 rings (SSSR count). The maximum atomic E-state index is 16.6. The number of aromatic nitrogens is 1. The molecule has 327 valence electrons. The molecule has 61 heavy (non-hydrogen) atoms. The van der Waals surface area contributed by atoms with Gasteiger partial charge in [0.05, 0.1) is 6.04 Å². The number of ketones is 2. The number of nitrogens with one attached hydrogen (secondary N) is 1. The third-order valence-electron chi connectivity index (χ3n) is 12.4. The monoisotopic (exact) mass is 961 g/mol. The molecule has 1 aromatic heterocycles. The fourth-order valence-corrected chi connectivity index (χ4v) is 11.4. The fraction of sp³-hybridized carbons (Fsp3) is 0.432. The van der Waals surface area contributed by atoms with E-state index >= 15 is 14.0 Å². The van der Waals surface area contributed by atoms with Gasteiger partial charge in [-0.3, -0.25) is 9.69 Å². The Bertz CT molecular complexity index is 2470. The van der Waals surface area contributed by atoms with Gasteiger partial charge >= 0.3 is 196 Å². The van der Waals surface area contributed by atoms with Gasteiger partial charge in [-0.2, -0.15) is 0 Å². The maximum absolute atomic E-state index is 16.6. The minimum absolute atomic E-state index is 0.00449. The van der Waals surface area contributed by atoms with Gasteiger partial charge < -0.3 is 13.7 Å². The SMILES string of the molecule is C[N]([Ru])CCS(=O)(=O)Nc1cc(F)c2c(c1OCc1ccccc1)C(=O)C1=C(O)[C@]3(O[Si](C)(C)C(C)(C)C)C(=O)c4c(OCc5ccccc5)noc4[C@@H](N(C)C)[C@@H]3C[C@@H]1C2. The van der Waals surface area contributed by atoms with Gasteiger partial charge in [-0.05, 0) is 42.9 Å². The summed E-state index contributed by atoms with van der Waals surface area (Å²) in [4.78, 5) is 32.8. The summed E-state index contributed by atoms with van der Waals surface area (Å²) >= 11 is 2.29. The van der Waals surface area contributed by atoms with Crippen molar-refractivity contribution >= 4 is 35.6 Å². The van der Waals surface area contributed by atoms with Crippen molar-refractivity contribution in [2.24, 2.45) is 11.8 Å². The molecule has 3 aliphatic rings. The van der Waals surface area contributed by atoms with E-state index in [2.05, 4.69) is 28.4 Å². The van der Waals surface area contributed by atoms with E-state index in [1.54, 1.807) is 22.8 Å². The molecular formula is C44H52FN4O9RuSSi. The number of anilines is 1. The number of nitrogens with zero attached hydrogens (tertiary/aromatic N) is 3. The van der Waals surface area contributed by atoms with Crippen molar-refractivity contribution in [3.63, 3.8) is 0 Å². The van der Waals surface area contributed by atoms with Crippen molar-refractivity contribution in [1.82, 2.24) is 13.7 Å². The number of halogens is 1. The van der Waals surface area contributed by atoms with Gasteiger partial charge in [-0.25, -0.2) is 0 Å². The summed E-state index contributed by atoms with van der Waals surface area (Å²) in [5.41, 5.74) is -1.18. The van der Waals surface area contributed by atoms with Gasteiger partial charge in [0.15, 0.2) is 14.1 Å². The molecule has 4 aromatic rings. The van der Waals surface area contributed by atoms with E-state index in [-0.39, 0.29) is 83.7 Å². The first-order valence-corrected chi connectivity index (χ1v) is 25.4. The van der Waals surface area contributed by atoms with Crippen molar-refractivity contribution in [3.8, 4) is 11.6 Å². The van der Waals surface area contributed by atoms with Crippen LogP contribution in [0.3, 0.4) is 0 Å². The van der Waals surface area contributed by atoms with E-state index in [0.717, 1.165) is 11.6 Å². The summed E-state index contributed by atoms with van der Waals surface area (Å²) in [5.74, 6) is -4.79. The van der Waals surface area contributed by atoms with E-state index in [0.29, 0.717) is 5.56 Å². The van der Waals surface area contributed by atoms with Crippen LogP contribution in [0.1, 0.15) is 76.4 Å². The molecule has 0 saturated carbocycles. The van der Waals surface area contributed by atoms with Gasteiger partial charge in [0, 0.05) is 5.92 Å². The molecule has 0 radical (unpaired) electrons. The number of fused-ring (bicyclic) bond motifs is 4. The number of carbonyl (C=O) groups is 2. The Morgan fingerprint density at radius 1 is 1.00 bits per heavy atom. The first-order chi connectivity index (χ1) is 28.7. The summed E-state index contributed by atoms with van der Waals surface area (Å²) in [6.45, 7) is 10.1. The van der Waals surface area contributed by atoms with Crippen LogP contribution in [-0.2, 0) is 52.6 Å². The number of benzene rings is 3. The molecule has 4 atom stereocenters. The molecule has 0 spiro atoms. The average molecular weight is 961 g/mol. The second-order valence-electron chi connectivity index (χ2n) is 17.8. The molecular weight excluding hydrogens is 909 g/mol. The zero-order valence-electron chi connectivity index (χ0n) is 35.5. The van der Waals surface area contributed by atoms with Crippen molar-refractivity contribution in [2.75, 3.05) is 38.2 Å². The number of aliphatic hydroxyl groups is 1. The van der Waals surface area contributed by atoms with E-state index < -0.39 is 70.0 Å². The Kier molecular flexibility index (Phi) is 12.3. The van der Waals surface area contributed by atoms with Crippen LogP contribution in [0.15, 0.2) is 82.6 Å². The molecule has 3 aromatic carbocycles. The van der Waals surface area contributed by atoms with Crippen LogP contribution in [0, 0.1) is 17.7 Å². The number of Topliss-reactive ketones (excluding diaryl/α,β-unsaturated/α-hetero) is 2. The van der Waals surface area contributed by atoms with Gasteiger partial charge in [0.25, 0.3) is 5.88 Å². The third-order valence-corrected chi connectivity index (χ3v) is 18.5. The Balaban J connectivity index is 1.43. The van der Waals surface area contributed by atoms with Gasteiger partial charge in [0.2, 0.25) is 5.78 Å². The van der Waals surface area contributed by atoms with Crippen LogP contribution in [0.5, 0.6) is 11.6 Å². The molecule has 0 fully saturated rings. The topological polar surface area (TPSA) is 161 Å². The number of hydrogen-bond acceptors (Lipinski definition) is 12. The number of allylic oxidation sites excluding steroid dienone is 1. The summed E-state index contributed by atoms with van der Waals surface area (Å²) in [6, 6.07) is 18.8. The van der Waals surface area contributed by atoms with Crippen LogP contribution in [0.25, 0.3) is 0 Å². The van der Waals surface area contributed by atoms with E-state index in [1.165, 1.54) is 0 Å². The number of rotatable bonds is 14. The van der Waals surface area contributed by atoms with Crippen LogP contribution >= 0.6 is 0 Å². The standard InChI is InChI=1S/C44H52FN4O9SSi.Ru/c1-43(2,3)60(7,8)58-44-30(36(49(5)6)39-35(41(44)52)42(47-57-39)56-25-27-17-13-10-14-18-27)22-28-21-29-31(45)23-32(48-59(53,54)20-19-46-4)38(34(29)37(50)33(28)40(44)51)55-24-26-15-11-9-12-16-26;/h9-18,23,28,30,36,48,51H,19-22,24-25H2,1-8H3;/q-1;+1/t28-,30-,36-,44-;/m0./s1. The molecule has 3 aliphatic carbocycles. The first-order valence-electron chi connectivity index (χ1n) is 20.1. The second-order valence-corrected chi connectivity index (χ2v) is 25.7. The molecule has 13 nitrogen and oxygen atoms in total. The summed E-state index contributed by atoms with van der Waals surface area (Å²) in [7, 11) is -1.75. The number of aliphatic hydroxyl groups excluding tert-OH is 1. The number of carbonyl (C=O) groups excluding carboxylic acids is 2. The number of sulfonamides is 1. The summed E-state index contributed by atoms with van der Waals surface area (Å²) < 4.78 is 73.1. The summed E-state index contributed by atoms with van der Waals surface area (Å²) in [5, 5.41) is 16.8. The molecule has 0 amide bonds. The molecule has 2 N–H and O–H groups in total. The molecule has 0 bridgehead atoms. The molecule has 17 heteroatoms. The van der Waals surface area contributed by atoms with Crippen LogP contribution in [-0.4, -0.2) is 86.1 Å². The van der Waals surface area contributed by atoms with Gasteiger partial charge in [0.1, 0.15) is 12.2 Å². The molecule has 0 aliphatic heterocycles. The second kappa shape index (κ2) is 16.8. The quantitative estimate of drug-likeness (QED) is 0.120. The molecule has 0 unspecified atom stereocenters. The van der Waals surface area contributed by atoms with Crippen molar-refractivity contribution in [3.05, 3.63) is 117 Å². The van der Waals surface area contributed by atoms with Crippen LogP contribution in [0.4, 0.5) is 10.1 Å². The Labute approximate surface area is 367 Å². The van der Waals surface area contributed by atoms with Gasteiger partial charge in [-0.1, -0.05) is 57.2 Å². The van der Waals surface area contributed by atoms with Gasteiger partial charge in [-0.15, -0.1) is 0 Å². The predicted octanol–water partition coefficient (Wildman–Crippen LogP) is 7.55. The fourth-order valence-electron chi connectivity index (χ4n) is 8.39. The van der Waals surface area contributed by atoms with Crippen molar-refractivity contribution in [1.29, 1.82) is 0 Å². The summed E-state index contributed by atoms with van der Waals surface area (Å²) in [6.07, 6.45) is 0.0556.